The highest BCUT2D eigenvalue weighted by molar-refractivity contribution is 6.30. The van der Waals surface area contributed by atoms with Crippen molar-refractivity contribution in [3.63, 3.8) is 0 Å². The fourth-order valence-electron chi connectivity index (χ4n) is 4.14. The van der Waals surface area contributed by atoms with E-state index in [1.54, 1.807) is 23.6 Å². The van der Waals surface area contributed by atoms with Crippen LogP contribution >= 0.6 is 11.6 Å². The number of anilines is 1. The molecule has 0 radical (unpaired) electrons. The smallest absolute Gasteiger partial charge is 0.416 e. The fourth-order valence-corrected chi connectivity index (χ4v) is 4.40. The average molecular weight is 501 g/mol. The molecule has 0 saturated carbocycles. The Morgan fingerprint density at radius 2 is 1.97 bits per heavy atom. The summed E-state index contributed by atoms with van der Waals surface area (Å²) in [4.78, 5) is 24.4. The maximum absolute atomic E-state index is 13.3. The summed E-state index contributed by atoms with van der Waals surface area (Å²) in [6, 6.07) is 3.15. The number of ether oxygens (including phenoxy) is 1. The minimum Gasteiger partial charge on any atom is -0.505 e. The summed E-state index contributed by atoms with van der Waals surface area (Å²) in [5.41, 5.74) is -0.481. The van der Waals surface area contributed by atoms with Gasteiger partial charge in [-0.1, -0.05) is 18.5 Å². The highest BCUT2D eigenvalue weighted by atomic mass is 35.5. The molecule has 186 valence electrons. The molecule has 1 N–H and O–H groups in total. The predicted octanol–water partition coefficient (Wildman–Crippen LogP) is 5.65. The molecule has 1 amide bonds. The van der Waals surface area contributed by atoms with Crippen molar-refractivity contribution in [2.45, 2.75) is 70.9 Å². The lowest BCUT2D eigenvalue weighted by molar-refractivity contribution is -0.137. The summed E-state index contributed by atoms with van der Waals surface area (Å²) in [5.74, 6) is 0.146. The van der Waals surface area contributed by atoms with E-state index in [0.717, 1.165) is 12.1 Å². The number of hydrogen-bond acceptors (Lipinski definition) is 6. The molecule has 0 spiro atoms. The van der Waals surface area contributed by atoms with Gasteiger partial charge in [-0.2, -0.15) is 13.2 Å². The largest absolute Gasteiger partial charge is 0.505 e. The third-order valence-corrected chi connectivity index (χ3v) is 5.91. The van der Waals surface area contributed by atoms with Crippen LogP contribution in [0.2, 0.25) is 5.02 Å². The molecule has 1 aliphatic rings. The number of benzene rings is 1. The third-order valence-electron chi connectivity index (χ3n) is 5.69. The lowest BCUT2D eigenvalue weighted by Crippen LogP contribution is -2.52. The molecule has 2 heterocycles. The number of nitrogens with zero attached hydrogens (tertiary/aromatic N) is 4. The van der Waals surface area contributed by atoms with Crippen LogP contribution in [0.1, 0.15) is 51.2 Å². The van der Waals surface area contributed by atoms with E-state index in [0.29, 0.717) is 31.4 Å². The molecule has 3 rings (SSSR count). The number of likely N-dealkylation sites (tertiary alicyclic amines) is 1. The number of aromatic nitrogens is 2. The van der Waals surface area contributed by atoms with Crippen LogP contribution in [0.15, 0.2) is 30.6 Å². The molecule has 7 nitrogen and oxygen atoms in total. The number of carbonyl (C=O) groups is 1. The summed E-state index contributed by atoms with van der Waals surface area (Å²) < 4.78 is 45.4. The second-order valence-corrected chi connectivity index (χ2v) is 9.02. The van der Waals surface area contributed by atoms with Gasteiger partial charge in [0.2, 0.25) is 5.95 Å². The standard InChI is InChI=1S/C23H28ClF3N4O3/c1-4-18-10-19(5-6-30(18)22(33)34-14(2)3)31(21-28-11-20(32)12-29-21)13-15-7-16(23(25,26)27)9-17(24)8-15/h7-9,11-12,14,18-19,32H,4-6,10,13H2,1-3H3/t18-,19-/m1/s1. The van der Waals surface area contributed by atoms with E-state index in [1.807, 2.05) is 6.92 Å². The topological polar surface area (TPSA) is 78.8 Å². The van der Waals surface area contributed by atoms with Crippen LogP contribution in [0.3, 0.4) is 0 Å². The normalized spacial score (nSPS) is 18.8. The molecule has 1 aromatic carbocycles. The van der Waals surface area contributed by atoms with Gasteiger partial charge in [-0.05, 0) is 56.9 Å². The minimum atomic E-state index is -4.53. The summed E-state index contributed by atoms with van der Waals surface area (Å²) in [7, 11) is 0. The highest BCUT2D eigenvalue weighted by Crippen LogP contribution is 2.34. The summed E-state index contributed by atoms with van der Waals surface area (Å²) in [6.07, 6.45) is -0.894. The van der Waals surface area contributed by atoms with E-state index in [4.69, 9.17) is 16.3 Å². The van der Waals surface area contributed by atoms with E-state index < -0.39 is 11.7 Å². The van der Waals surface area contributed by atoms with E-state index in [2.05, 4.69) is 9.97 Å². The Balaban J connectivity index is 1.90. The van der Waals surface area contributed by atoms with Gasteiger partial charge in [-0.15, -0.1) is 0 Å². The quantitative estimate of drug-likeness (QED) is 0.552. The van der Waals surface area contributed by atoms with Crippen molar-refractivity contribution in [2.75, 3.05) is 11.4 Å². The summed E-state index contributed by atoms with van der Waals surface area (Å²) in [6.45, 7) is 6.04. The van der Waals surface area contributed by atoms with Crippen LogP contribution in [0.25, 0.3) is 0 Å². The Bertz CT molecular complexity index is 988. The Morgan fingerprint density at radius 3 is 2.56 bits per heavy atom. The first-order valence-corrected chi connectivity index (χ1v) is 11.5. The molecule has 1 aliphatic heterocycles. The average Bonchev–Trinajstić information content (AvgIpc) is 2.76. The zero-order chi connectivity index (χ0) is 25.0. The first kappa shape index (κ1) is 25.9. The summed E-state index contributed by atoms with van der Waals surface area (Å²) in [5, 5.41) is 9.59. The van der Waals surface area contributed by atoms with Gasteiger partial charge in [0.25, 0.3) is 0 Å². The fraction of sp³-hybridized carbons (Fsp3) is 0.522. The van der Waals surface area contributed by atoms with Gasteiger partial charge in [0.15, 0.2) is 5.75 Å². The number of hydrogen-bond donors (Lipinski definition) is 1. The van der Waals surface area contributed by atoms with Gasteiger partial charge >= 0.3 is 12.3 Å². The third kappa shape index (κ3) is 6.43. The van der Waals surface area contributed by atoms with E-state index in [9.17, 15) is 23.1 Å². The molecule has 34 heavy (non-hydrogen) atoms. The van der Waals surface area contributed by atoms with Gasteiger partial charge in [-0.3, -0.25) is 0 Å². The second kappa shape index (κ2) is 10.7. The Morgan fingerprint density at radius 1 is 1.29 bits per heavy atom. The Kier molecular flexibility index (Phi) is 8.12. The molecule has 0 aliphatic carbocycles. The van der Waals surface area contributed by atoms with Crippen molar-refractivity contribution < 1.29 is 27.8 Å². The van der Waals surface area contributed by atoms with Crippen molar-refractivity contribution in [2.24, 2.45) is 0 Å². The van der Waals surface area contributed by atoms with Gasteiger partial charge in [0, 0.05) is 30.2 Å². The maximum atomic E-state index is 13.3. The SMILES string of the molecule is CC[C@@H]1C[C@H](N(Cc2cc(Cl)cc(C(F)(F)F)c2)c2ncc(O)cn2)CCN1C(=O)OC(C)C. The molecule has 2 atom stereocenters. The maximum Gasteiger partial charge on any atom is 0.416 e. The monoisotopic (exact) mass is 500 g/mol. The van der Waals surface area contributed by atoms with Gasteiger partial charge < -0.3 is 19.6 Å². The number of rotatable bonds is 6. The number of carbonyl (C=O) groups excluding carboxylic acids is 1. The van der Waals surface area contributed by atoms with Crippen molar-refractivity contribution in [3.05, 3.63) is 46.7 Å². The van der Waals surface area contributed by atoms with Crippen LogP contribution in [-0.4, -0.2) is 50.8 Å². The molecule has 1 fully saturated rings. The zero-order valence-corrected chi connectivity index (χ0v) is 20.0. The highest BCUT2D eigenvalue weighted by Gasteiger charge is 2.36. The van der Waals surface area contributed by atoms with Crippen molar-refractivity contribution in [3.8, 4) is 5.75 Å². The number of alkyl halides is 3. The Labute approximate surface area is 201 Å². The Hall–Kier alpha value is -2.75. The van der Waals surface area contributed by atoms with Gasteiger partial charge in [-0.25, -0.2) is 14.8 Å². The van der Waals surface area contributed by atoms with E-state index in [-0.39, 0.29) is 47.5 Å². The van der Waals surface area contributed by atoms with Crippen molar-refractivity contribution >= 4 is 23.6 Å². The first-order chi connectivity index (χ1) is 16.0. The van der Waals surface area contributed by atoms with Crippen LogP contribution in [0.4, 0.5) is 23.9 Å². The van der Waals surface area contributed by atoms with E-state index in [1.165, 1.54) is 18.5 Å². The molecular weight excluding hydrogens is 473 g/mol. The lowest BCUT2D eigenvalue weighted by atomic mass is 9.94. The minimum absolute atomic E-state index is 0.0194. The first-order valence-electron chi connectivity index (χ1n) is 11.1. The number of piperidine rings is 1. The summed E-state index contributed by atoms with van der Waals surface area (Å²) >= 11 is 5.99. The van der Waals surface area contributed by atoms with Crippen molar-refractivity contribution in [1.82, 2.24) is 14.9 Å². The van der Waals surface area contributed by atoms with Crippen molar-refractivity contribution in [1.29, 1.82) is 0 Å². The van der Waals surface area contributed by atoms with Crippen LogP contribution in [0.5, 0.6) is 5.75 Å². The second-order valence-electron chi connectivity index (χ2n) is 8.58. The molecule has 1 saturated heterocycles. The van der Waals surface area contributed by atoms with Crippen LogP contribution in [0, 0.1) is 0 Å². The van der Waals surface area contributed by atoms with Gasteiger partial charge in [0.05, 0.1) is 24.1 Å². The number of halogens is 4. The van der Waals surface area contributed by atoms with Crippen LogP contribution < -0.4 is 4.90 Å². The van der Waals surface area contributed by atoms with E-state index >= 15 is 0 Å². The van der Waals surface area contributed by atoms with Crippen LogP contribution in [-0.2, 0) is 17.5 Å². The number of amides is 1. The molecular formula is C23H28ClF3N4O3. The lowest BCUT2D eigenvalue weighted by Gasteiger charge is -2.43. The molecule has 11 heteroatoms. The zero-order valence-electron chi connectivity index (χ0n) is 19.2. The van der Waals surface area contributed by atoms with Gasteiger partial charge in [0.1, 0.15) is 0 Å². The molecule has 0 bridgehead atoms. The molecule has 0 unspecified atom stereocenters. The number of aromatic hydroxyl groups is 1. The molecule has 1 aromatic heterocycles. The molecule has 2 aromatic rings. The predicted molar refractivity (Wildman–Crippen MR) is 122 cm³/mol.